The van der Waals surface area contributed by atoms with E-state index < -0.39 is 29.7 Å². The number of hydrogen-bond acceptors (Lipinski definition) is 4. The molecule has 0 radical (unpaired) electrons. The van der Waals surface area contributed by atoms with Crippen molar-refractivity contribution < 1.29 is 23.1 Å². The molecule has 2 N–H and O–H groups in total. The van der Waals surface area contributed by atoms with Gasteiger partial charge in [0.15, 0.2) is 11.6 Å². The lowest BCUT2D eigenvalue weighted by atomic mass is 9.95. The van der Waals surface area contributed by atoms with Crippen molar-refractivity contribution >= 4 is 12.0 Å². The van der Waals surface area contributed by atoms with Crippen molar-refractivity contribution in [2.45, 2.75) is 18.9 Å². The van der Waals surface area contributed by atoms with Crippen LogP contribution in [0.15, 0.2) is 24.5 Å². The summed E-state index contributed by atoms with van der Waals surface area (Å²) in [6.07, 6.45) is 1.99. The highest BCUT2D eigenvalue weighted by Crippen LogP contribution is 2.35. The number of esters is 1. The minimum atomic E-state index is -1.01. The fourth-order valence-corrected chi connectivity index (χ4v) is 3.02. The van der Waals surface area contributed by atoms with Crippen LogP contribution in [0.4, 0.5) is 13.6 Å². The average molecular weight is 364 g/mol. The molecule has 2 aromatic rings. The summed E-state index contributed by atoms with van der Waals surface area (Å²) in [4.78, 5) is 32.3. The molecule has 0 spiro atoms. The van der Waals surface area contributed by atoms with Gasteiger partial charge in [-0.25, -0.2) is 18.6 Å². The first-order valence-corrected chi connectivity index (χ1v) is 8.10. The fraction of sp³-hybridized carbons (Fsp3) is 0.353. The zero-order chi connectivity index (χ0) is 18.7. The Hall–Kier alpha value is -2.97. The SMILES string of the molecule is COC(=O)CCNC(=O)N1CCc2[nH]cnc2[C@H]1c1cccc(F)c1F. The molecule has 2 amide bonds. The highest BCUT2D eigenvalue weighted by atomic mass is 19.2. The van der Waals surface area contributed by atoms with Crippen LogP contribution < -0.4 is 5.32 Å². The Morgan fingerprint density at radius 3 is 3.00 bits per heavy atom. The van der Waals surface area contributed by atoms with E-state index in [-0.39, 0.29) is 18.5 Å². The van der Waals surface area contributed by atoms with Crippen LogP contribution in [-0.2, 0) is 16.0 Å². The molecule has 0 aliphatic carbocycles. The summed E-state index contributed by atoms with van der Waals surface area (Å²) in [6.45, 7) is 0.369. The second-order valence-corrected chi connectivity index (χ2v) is 5.81. The number of nitrogens with one attached hydrogen (secondary N) is 2. The van der Waals surface area contributed by atoms with Crippen molar-refractivity contribution in [2.75, 3.05) is 20.2 Å². The number of carbonyl (C=O) groups is 2. The molecule has 1 aliphatic heterocycles. The quantitative estimate of drug-likeness (QED) is 0.812. The number of carbonyl (C=O) groups excluding carboxylic acids is 2. The molecular formula is C17H18F2N4O3. The monoisotopic (exact) mass is 364 g/mol. The molecular weight excluding hydrogens is 346 g/mol. The van der Waals surface area contributed by atoms with Crippen LogP contribution in [0.1, 0.15) is 29.4 Å². The first kappa shape index (κ1) is 17.8. The van der Waals surface area contributed by atoms with Crippen molar-refractivity contribution in [1.29, 1.82) is 0 Å². The van der Waals surface area contributed by atoms with Gasteiger partial charge in [0.2, 0.25) is 0 Å². The van der Waals surface area contributed by atoms with Gasteiger partial charge in [-0.3, -0.25) is 4.79 Å². The molecule has 9 heteroatoms. The molecule has 3 rings (SSSR count). The van der Waals surface area contributed by atoms with Crippen LogP contribution >= 0.6 is 0 Å². The lowest BCUT2D eigenvalue weighted by Crippen LogP contribution is -2.46. The zero-order valence-corrected chi connectivity index (χ0v) is 14.1. The second-order valence-electron chi connectivity index (χ2n) is 5.81. The van der Waals surface area contributed by atoms with E-state index in [9.17, 15) is 18.4 Å². The summed E-state index contributed by atoms with van der Waals surface area (Å²) >= 11 is 0. The molecule has 0 bridgehead atoms. The summed E-state index contributed by atoms with van der Waals surface area (Å²) in [5.41, 5.74) is 1.28. The standard InChI is InChI=1S/C17H18F2N4O3/c1-26-13(24)5-7-20-17(25)23-8-6-12-15(22-9-21-12)16(23)10-3-2-4-11(18)14(10)19/h2-4,9,16H,5-8H2,1H3,(H,20,25)(H,21,22)/t16-/m1/s1. The van der Waals surface area contributed by atoms with E-state index in [1.54, 1.807) is 0 Å². The number of urea groups is 1. The maximum Gasteiger partial charge on any atom is 0.318 e. The highest BCUT2D eigenvalue weighted by Gasteiger charge is 2.36. The largest absolute Gasteiger partial charge is 0.469 e. The first-order chi connectivity index (χ1) is 12.5. The fourth-order valence-electron chi connectivity index (χ4n) is 3.02. The van der Waals surface area contributed by atoms with E-state index >= 15 is 0 Å². The molecule has 0 fully saturated rings. The number of fused-ring (bicyclic) bond motifs is 1. The van der Waals surface area contributed by atoms with Crippen LogP contribution in [0, 0.1) is 11.6 Å². The van der Waals surface area contributed by atoms with E-state index in [1.807, 2.05) is 0 Å². The molecule has 0 saturated heterocycles. The number of benzene rings is 1. The van der Waals surface area contributed by atoms with Crippen LogP contribution in [-0.4, -0.2) is 47.1 Å². The summed E-state index contributed by atoms with van der Waals surface area (Å²) in [5, 5.41) is 2.61. The predicted molar refractivity (Wildman–Crippen MR) is 87.2 cm³/mol. The molecule has 0 saturated carbocycles. The predicted octanol–water partition coefficient (Wildman–Crippen LogP) is 1.91. The third-order valence-corrected chi connectivity index (χ3v) is 4.29. The lowest BCUT2D eigenvalue weighted by Gasteiger charge is -2.35. The number of methoxy groups -OCH3 is 1. The van der Waals surface area contributed by atoms with Gasteiger partial charge in [0, 0.05) is 30.8 Å². The number of amides is 2. The smallest absolute Gasteiger partial charge is 0.318 e. The van der Waals surface area contributed by atoms with Crippen molar-refractivity contribution in [3.05, 3.63) is 53.1 Å². The van der Waals surface area contributed by atoms with Crippen LogP contribution in [0.25, 0.3) is 0 Å². The van der Waals surface area contributed by atoms with Gasteiger partial charge >= 0.3 is 12.0 Å². The van der Waals surface area contributed by atoms with Gasteiger partial charge < -0.3 is 19.9 Å². The molecule has 1 aromatic heterocycles. The molecule has 7 nitrogen and oxygen atoms in total. The van der Waals surface area contributed by atoms with E-state index in [4.69, 9.17) is 0 Å². The highest BCUT2D eigenvalue weighted by molar-refractivity contribution is 5.77. The van der Waals surface area contributed by atoms with Crippen LogP contribution in [0.5, 0.6) is 0 Å². The van der Waals surface area contributed by atoms with Gasteiger partial charge in [0.05, 0.1) is 25.6 Å². The molecule has 26 heavy (non-hydrogen) atoms. The molecule has 0 unspecified atom stereocenters. The van der Waals surface area contributed by atoms with E-state index in [0.717, 1.165) is 11.8 Å². The molecule has 1 aliphatic rings. The van der Waals surface area contributed by atoms with E-state index in [0.29, 0.717) is 18.7 Å². The van der Waals surface area contributed by atoms with Crippen molar-refractivity contribution in [2.24, 2.45) is 0 Å². The summed E-state index contributed by atoms with van der Waals surface area (Å²) in [5.74, 6) is -2.46. The van der Waals surface area contributed by atoms with Gasteiger partial charge in [-0.1, -0.05) is 12.1 Å². The molecule has 138 valence electrons. The molecule has 2 heterocycles. The molecule has 1 atom stereocenters. The van der Waals surface area contributed by atoms with Crippen molar-refractivity contribution in [3.8, 4) is 0 Å². The van der Waals surface area contributed by atoms with Crippen molar-refractivity contribution in [1.82, 2.24) is 20.2 Å². The summed E-state index contributed by atoms with van der Waals surface area (Å²) < 4.78 is 32.6. The maximum absolute atomic E-state index is 14.4. The third-order valence-electron chi connectivity index (χ3n) is 4.29. The normalized spacial score (nSPS) is 16.1. The van der Waals surface area contributed by atoms with Gasteiger partial charge in [-0.05, 0) is 6.07 Å². The average Bonchev–Trinajstić information content (AvgIpc) is 3.12. The Bertz CT molecular complexity index is 824. The lowest BCUT2D eigenvalue weighted by molar-refractivity contribution is -0.140. The van der Waals surface area contributed by atoms with Crippen LogP contribution in [0.2, 0.25) is 0 Å². The van der Waals surface area contributed by atoms with E-state index in [1.165, 1.54) is 30.5 Å². The number of aromatic nitrogens is 2. The third kappa shape index (κ3) is 3.37. The topological polar surface area (TPSA) is 87.3 Å². The maximum atomic E-state index is 14.4. The number of rotatable bonds is 4. The number of hydrogen-bond donors (Lipinski definition) is 2. The Morgan fingerprint density at radius 2 is 2.23 bits per heavy atom. The number of aromatic amines is 1. The van der Waals surface area contributed by atoms with E-state index in [2.05, 4.69) is 20.0 Å². The van der Waals surface area contributed by atoms with Crippen LogP contribution in [0.3, 0.4) is 0 Å². The number of ether oxygens (including phenoxy) is 1. The molecule has 1 aromatic carbocycles. The Labute approximate surface area is 148 Å². The number of nitrogens with zero attached hydrogens (tertiary/aromatic N) is 2. The number of H-pyrrole nitrogens is 1. The number of imidazole rings is 1. The second kappa shape index (κ2) is 7.51. The van der Waals surface area contributed by atoms with Gasteiger partial charge in [0.25, 0.3) is 0 Å². The van der Waals surface area contributed by atoms with Gasteiger partial charge in [-0.15, -0.1) is 0 Å². The Morgan fingerprint density at radius 1 is 1.42 bits per heavy atom. The number of halogens is 2. The summed E-state index contributed by atoms with van der Waals surface area (Å²) in [6, 6.07) is 2.49. The van der Waals surface area contributed by atoms with Gasteiger partial charge in [0.1, 0.15) is 6.04 Å². The summed E-state index contributed by atoms with van der Waals surface area (Å²) in [7, 11) is 1.26. The Balaban J connectivity index is 1.88. The zero-order valence-electron chi connectivity index (χ0n) is 14.1. The minimum Gasteiger partial charge on any atom is -0.469 e. The van der Waals surface area contributed by atoms with Gasteiger partial charge in [-0.2, -0.15) is 0 Å². The first-order valence-electron chi connectivity index (χ1n) is 8.10. The van der Waals surface area contributed by atoms with Crippen molar-refractivity contribution in [3.63, 3.8) is 0 Å². The minimum absolute atomic E-state index is 0.0166. The Kier molecular flexibility index (Phi) is 5.15.